The third-order valence-electron chi connectivity index (χ3n) is 11.3. The number of para-hydroxylation sites is 1. The minimum Gasteiger partial charge on any atom is -0.456 e. The summed E-state index contributed by atoms with van der Waals surface area (Å²) >= 11 is 1.86. The molecule has 52 heavy (non-hydrogen) atoms. The third-order valence-corrected chi connectivity index (χ3v) is 15.9. The lowest BCUT2D eigenvalue weighted by Gasteiger charge is -2.28. The maximum Gasteiger partial charge on any atom is 0.136 e. The lowest BCUT2D eigenvalue weighted by Crippen LogP contribution is -2.49. The maximum absolute atomic E-state index is 6.37. The minimum atomic E-state index is -2.05. The van der Waals surface area contributed by atoms with Gasteiger partial charge in [-0.05, 0) is 104 Å². The van der Waals surface area contributed by atoms with Crippen LogP contribution in [-0.4, -0.2) is 8.07 Å². The van der Waals surface area contributed by atoms with E-state index < -0.39 is 8.07 Å². The van der Waals surface area contributed by atoms with E-state index in [0.29, 0.717) is 0 Å². The molecule has 0 bridgehead atoms. The molecule has 1 aliphatic heterocycles. The highest BCUT2D eigenvalue weighted by Gasteiger charge is 2.39. The first-order valence-corrected chi connectivity index (χ1v) is 21.7. The molecule has 8 aromatic carbocycles. The van der Waals surface area contributed by atoms with Gasteiger partial charge < -0.3 is 9.32 Å². The Bertz CT molecular complexity index is 3050. The molecule has 0 saturated heterocycles. The second kappa shape index (κ2) is 11.0. The van der Waals surface area contributed by atoms with Gasteiger partial charge >= 0.3 is 0 Å². The molecular formula is C48H33NOSSi. The Hall–Kier alpha value is -5.94. The highest BCUT2D eigenvalue weighted by atomic mass is 32.1. The Morgan fingerprint density at radius 1 is 0.481 bits per heavy atom. The van der Waals surface area contributed by atoms with Crippen LogP contribution in [0.15, 0.2) is 168 Å². The van der Waals surface area contributed by atoms with Crippen molar-refractivity contribution in [2.24, 2.45) is 0 Å². The molecule has 0 spiro atoms. The number of thiophene rings is 1. The van der Waals surface area contributed by atoms with Crippen LogP contribution in [0.1, 0.15) is 0 Å². The Balaban J connectivity index is 1.11. The van der Waals surface area contributed by atoms with Crippen LogP contribution in [-0.2, 0) is 0 Å². The van der Waals surface area contributed by atoms with E-state index in [0.717, 1.165) is 22.5 Å². The molecule has 0 unspecified atom stereocenters. The molecule has 3 heterocycles. The van der Waals surface area contributed by atoms with Crippen LogP contribution in [0.2, 0.25) is 13.1 Å². The molecule has 2 aromatic heterocycles. The SMILES string of the molecule is C[Si]1(C)c2cc(N(c3ccc(-c4cccc5ccccc45)cc3)c3ccc4sc5ccccc5c4c3)ccc2-c2c1ccc1oc3ccccc3c21. The van der Waals surface area contributed by atoms with Crippen LogP contribution in [0.5, 0.6) is 0 Å². The summed E-state index contributed by atoms with van der Waals surface area (Å²) in [4.78, 5) is 2.45. The normalized spacial score (nSPS) is 13.3. The van der Waals surface area contributed by atoms with E-state index in [1.165, 1.54) is 80.0 Å². The number of furan rings is 1. The number of anilines is 3. The van der Waals surface area contributed by atoms with Crippen molar-refractivity contribution < 1.29 is 4.42 Å². The number of hydrogen-bond donors (Lipinski definition) is 0. The molecule has 0 aliphatic carbocycles. The fourth-order valence-electron chi connectivity index (χ4n) is 8.74. The first-order chi connectivity index (χ1) is 25.5. The van der Waals surface area contributed by atoms with Gasteiger partial charge in [0.15, 0.2) is 0 Å². The molecule has 0 radical (unpaired) electrons. The fraction of sp³-hybridized carbons (Fsp3) is 0.0417. The van der Waals surface area contributed by atoms with Crippen LogP contribution in [0.4, 0.5) is 17.1 Å². The van der Waals surface area contributed by atoms with E-state index >= 15 is 0 Å². The van der Waals surface area contributed by atoms with Gasteiger partial charge in [-0.15, -0.1) is 11.3 Å². The highest BCUT2D eigenvalue weighted by Crippen LogP contribution is 2.44. The largest absolute Gasteiger partial charge is 0.456 e. The summed E-state index contributed by atoms with van der Waals surface area (Å²) < 4.78 is 9.00. The van der Waals surface area contributed by atoms with Crippen LogP contribution in [0.25, 0.3) is 75.1 Å². The van der Waals surface area contributed by atoms with Gasteiger partial charge in [-0.3, -0.25) is 0 Å². The standard InChI is InChI=1S/C48H33NOSSi/c1-52(2)45-27-25-42-47(38-14-5-7-16-41(38)50-42)48(45)39-24-22-34(29-46(39)52)49(33-23-26-44-40(28-33)37-13-6-8-17-43(37)51-44)32-20-18-31(19-21-32)36-15-9-11-30-10-3-4-12-35(30)36/h3-29H,1-2H3. The average molecular weight is 700 g/mol. The van der Waals surface area contributed by atoms with Crippen LogP contribution in [0.3, 0.4) is 0 Å². The summed E-state index contributed by atoms with van der Waals surface area (Å²) in [5.41, 5.74) is 10.6. The van der Waals surface area contributed by atoms with Crippen molar-refractivity contribution in [1.82, 2.24) is 0 Å². The number of rotatable bonds is 4. The molecule has 1 aliphatic rings. The summed E-state index contributed by atoms with van der Waals surface area (Å²) in [5, 5.41) is 10.5. The topological polar surface area (TPSA) is 16.4 Å². The predicted octanol–water partition coefficient (Wildman–Crippen LogP) is 13.0. The number of fused-ring (bicyclic) bond motifs is 11. The molecule has 246 valence electrons. The lowest BCUT2D eigenvalue weighted by atomic mass is 9.97. The van der Waals surface area contributed by atoms with E-state index in [4.69, 9.17) is 4.42 Å². The van der Waals surface area contributed by atoms with Crippen molar-refractivity contribution in [3.63, 3.8) is 0 Å². The molecule has 11 rings (SSSR count). The quantitative estimate of drug-likeness (QED) is 0.170. The van der Waals surface area contributed by atoms with E-state index in [1.54, 1.807) is 0 Å². The van der Waals surface area contributed by atoms with Crippen molar-refractivity contribution in [2.75, 3.05) is 4.90 Å². The van der Waals surface area contributed by atoms with Crippen LogP contribution < -0.4 is 15.3 Å². The van der Waals surface area contributed by atoms with Gasteiger partial charge in [0, 0.05) is 48.0 Å². The van der Waals surface area contributed by atoms with Crippen molar-refractivity contribution in [3.8, 4) is 22.3 Å². The molecule has 4 heteroatoms. The Kier molecular flexibility index (Phi) is 6.31. The summed E-state index contributed by atoms with van der Waals surface area (Å²) in [7, 11) is -2.05. The van der Waals surface area contributed by atoms with Crippen molar-refractivity contribution >= 4 is 99.7 Å². The zero-order valence-electron chi connectivity index (χ0n) is 28.9. The molecule has 2 nitrogen and oxygen atoms in total. The van der Waals surface area contributed by atoms with Crippen molar-refractivity contribution in [1.29, 1.82) is 0 Å². The van der Waals surface area contributed by atoms with E-state index in [1.807, 2.05) is 11.3 Å². The van der Waals surface area contributed by atoms with Crippen LogP contribution in [0, 0.1) is 0 Å². The second-order valence-electron chi connectivity index (χ2n) is 14.5. The molecule has 0 saturated carbocycles. The summed E-state index contributed by atoms with van der Waals surface area (Å²) in [5.74, 6) is 0. The first kappa shape index (κ1) is 29.8. The predicted molar refractivity (Wildman–Crippen MR) is 226 cm³/mol. The number of hydrogen-bond acceptors (Lipinski definition) is 3. The Labute approximate surface area is 306 Å². The van der Waals surface area contributed by atoms with E-state index in [2.05, 4.69) is 182 Å². The average Bonchev–Trinajstić information content (AvgIpc) is 3.82. The summed E-state index contributed by atoms with van der Waals surface area (Å²) in [6.45, 7) is 5.00. The third kappa shape index (κ3) is 4.29. The number of nitrogens with zero attached hydrogens (tertiary/aromatic N) is 1. The minimum absolute atomic E-state index is 0.949. The monoisotopic (exact) mass is 699 g/mol. The molecular weight excluding hydrogens is 667 g/mol. The highest BCUT2D eigenvalue weighted by molar-refractivity contribution is 7.25. The van der Waals surface area contributed by atoms with Crippen LogP contribution >= 0.6 is 11.3 Å². The maximum atomic E-state index is 6.37. The smallest absolute Gasteiger partial charge is 0.136 e. The molecule has 0 amide bonds. The van der Waals surface area contributed by atoms with Gasteiger partial charge in [-0.25, -0.2) is 0 Å². The number of benzene rings is 8. The zero-order valence-corrected chi connectivity index (χ0v) is 30.7. The zero-order chi connectivity index (χ0) is 34.6. The van der Waals surface area contributed by atoms with Gasteiger partial charge in [0.1, 0.15) is 19.2 Å². The van der Waals surface area contributed by atoms with Gasteiger partial charge in [0.05, 0.1) is 0 Å². The summed E-state index contributed by atoms with van der Waals surface area (Å²) in [6, 6.07) is 60.3. The van der Waals surface area contributed by atoms with E-state index in [-0.39, 0.29) is 0 Å². The van der Waals surface area contributed by atoms with E-state index in [9.17, 15) is 0 Å². The second-order valence-corrected chi connectivity index (χ2v) is 19.9. The van der Waals surface area contributed by atoms with Gasteiger partial charge in [0.2, 0.25) is 0 Å². The molecule has 0 atom stereocenters. The fourth-order valence-corrected chi connectivity index (χ4v) is 12.9. The van der Waals surface area contributed by atoms with Gasteiger partial charge in [-0.2, -0.15) is 0 Å². The molecule has 0 N–H and O–H groups in total. The Morgan fingerprint density at radius 2 is 1.17 bits per heavy atom. The Morgan fingerprint density at radius 3 is 2.06 bits per heavy atom. The first-order valence-electron chi connectivity index (χ1n) is 17.9. The van der Waals surface area contributed by atoms with Gasteiger partial charge in [0.25, 0.3) is 0 Å². The lowest BCUT2D eigenvalue weighted by molar-refractivity contribution is 0.669. The van der Waals surface area contributed by atoms with Crippen molar-refractivity contribution in [2.45, 2.75) is 13.1 Å². The van der Waals surface area contributed by atoms with Gasteiger partial charge in [-0.1, -0.05) is 116 Å². The van der Waals surface area contributed by atoms with Crippen molar-refractivity contribution in [3.05, 3.63) is 164 Å². The molecule has 0 fully saturated rings. The molecule has 10 aromatic rings. The summed E-state index contributed by atoms with van der Waals surface area (Å²) in [6.07, 6.45) is 0.